The van der Waals surface area contributed by atoms with Gasteiger partial charge in [-0.05, 0) is 36.5 Å². The number of hydrogen-bond acceptors (Lipinski definition) is 5. The number of nitrogens with zero attached hydrogens (tertiary/aromatic N) is 2. The molecule has 32 heavy (non-hydrogen) atoms. The van der Waals surface area contributed by atoms with Crippen LogP contribution in [0.15, 0.2) is 35.3 Å². The molecule has 2 N–H and O–H groups in total. The predicted molar refractivity (Wildman–Crippen MR) is 114 cm³/mol. The highest BCUT2D eigenvalue weighted by Crippen LogP contribution is 2.27. The minimum absolute atomic E-state index is 0.0550. The van der Waals surface area contributed by atoms with E-state index in [9.17, 15) is 28.6 Å². The second-order valence-corrected chi connectivity index (χ2v) is 7.84. The number of ether oxygens (including phenoxy) is 1. The van der Waals surface area contributed by atoms with Crippen molar-refractivity contribution in [2.45, 2.75) is 32.7 Å². The number of hydrogen-bond donors (Lipinski definition) is 2. The molecule has 0 aliphatic carbocycles. The molecule has 0 saturated carbocycles. The van der Waals surface area contributed by atoms with Crippen LogP contribution in [0.25, 0.3) is 11.0 Å². The standard InChI is InChI=1S/C23H24F2N2O5/c1-12(2)19(11-28)27-10-17(23(30)31)20(29)16-8-14(22(32-3)26-21(16)27)5-4-13-6-7-15(24)9-18(13)25/h6-10,12,19,28H,4-5,11H2,1-3H3,(H,30,31). The van der Waals surface area contributed by atoms with Crippen molar-refractivity contribution in [3.63, 3.8) is 0 Å². The minimum Gasteiger partial charge on any atom is -0.481 e. The molecule has 0 saturated heterocycles. The van der Waals surface area contributed by atoms with Crippen molar-refractivity contribution in [3.05, 3.63) is 69.0 Å². The number of aromatic carboxylic acids is 1. The second-order valence-electron chi connectivity index (χ2n) is 7.84. The molecule has 9 heteroatoms. The molecule has 1 unspecified atom stereocenters. The molecule has 1 aromatic carbocycles. The summed E-state index contributed by atoms with van der Waals surface area (Å²) in [6.45, 7) is 3.42. The van der Waals surface area contributed by atoms with E-state index in [4.69, 9.17) is 4.74 Å². The van der Waals surface area contributed by atoms with Gasteiger partial charge in [0, 0.05) is 17.8 Å². The van der Waals surface area contributed by atoms with Crippen LogP contribution >= 0.6 is 0 Å². The number of aliphatic hydroxyl groups excluding tert-OH is 1. The van der Waals surface area contributed by atoms with E-state index < -0.39 is 34.6 Å². The molecule has 2 heterocycles. The summed E-state index contributed by atoms with van der Waals surface area (Å²) < 4.78 is 34.1. The summed E-state index contributed by atoms with van der Waals surface area (Å²) >= 11 is 0. The first kappa shape index (κ1) is 23.3. The van der Waals surface area contributed by atoms with Gasteiger partial charge in [-0.25, -0.2) is 13.6 Å². The molecular formula is C23H24F2N2O5. The Morgan fingerprint density at radius 3 is 2.44 bits per heavy atom. The smallest absolute Gasteiger partial charge is 0.341 e. The van der Waals surface area contributed by atoms with E-state index in [1.165, 1.54) is 30.0 Å². The molecule has 170 valence electrons. The van der Waals surface area contributed by atoms with Crippen LogP contribution in [0, 0.1) is 17.6 Å². The van der Waals surface area contributed by atoms with Crippen LogP contribution in [0.3, 0.4) is 0 Å². The van der Waals surface area contributed by atoms with Crippen LogP contribution in [0.2, 0.25) is 0 Å². The maximum Gasteiger partial charge on any atom is 0.341 e. The number of aryl methyl sites for hydroxylation is 2. The van der Waals surface area contributed by atoms with Gasteiger partial charge in [0.1, 0.15) is 22.8 Å². The zero-order valence-electron chi connectivity index (χ0n) is 17.9. The van der Waals surface area contributed by atoms with Crippen LogP contribution < -0.4 is 10.2 Å². The number of benzene rings is 1. The highest BCUT2D eigenvalue weighted by molar-refractivity contribution is 5.92. The number of fused-ring (bicyclic) bond motifs is 1. The lowest BCUT2D eigenvalue weighted by atomic mass is 10.0. The fraction of sp³-hybridized carbons (Fsp3) is 0.348. The van der Waals surface area contributed by atoms with E-state index in [0.29, 0.717) is 5.56 Å². The first-order chi connectivity index (χ1) is 15.2. The lowest BCUT2D eigenvalue weighted by Gasteiger charge is -2.24. The van der Waals surface area contributed by atoms with Gasteiger partial charge in [0.2, 0.25) is 11.3 Å². The van der Waals surface area contributed by atoms with E-state index in [1.807, 2.05) is 13.8 Å². The number of carboxylic acid groups (broad SMARTS) is 1. The number of aromatic nitrogens is 2. The van der Waals surface area contributed by atoms with Crippen molar-refractivity contribution in [1.29, 1.82) is 0 Å². The van der Waals surface area contributed by atoms with Gasteiger partial charge in [-0.2, -0.15) is 4.98 Å². The number of aliphatic hydroxyl groups is 1. The number of pyridine rings is 2. The summed E-state index contributed by atoms with van der Waals surface area (Å²) in [5, 5.41) is 19.5. The molecule has 3 aromatic rings. The van der Waals surface area contributed by atoms with Gasteiger partial charge < -0.3 is 19.5 Å². The van der Waals surface area contributed by atoms with Crippen molar-refractivity contribution >= 4 is 17.0 Å². The molecule has 3 rings (SSSR count). The Balaban J connectivity index is 2.18. The Hall–Kier alpha value is -3.33. The predicted octanol–water partition coefficient (Wildman–Crippen LogP) is 3.36. The van der Waals surface area contributed by atoms with Gasteiger partial charge >= 0.3 is 5.97 Å². The Kier molecular flexibility index (Phi) is 6.88. The van der Waals surface area contributed by atoms with Crippen molar-refractivity contribution in [1.82, 2.24) is 9.55 Å². The van der Waals surface area contributed by atoms with E-state index in [2.05, 4.69) is 4.98 Å². The maximum absolute atomic E-state index is 14.0. The molecule has 0 bridgehead atoms. The van der Waals surface area contributed by atoms with Crippen molar-refractivity contribution in [2.75, 3.05) is 13.7 Å². The van der Waals surface area contributed by atoms with E-state index >= 15 is 0 Å². The van der Waals surface area contributed by atoms with Crippen LogP contribution in [-0.2, 0) is 12.8 Å². The zero-order chi connectivity index (χ0) is 23.6. The second kappa shape index (κ2) is 9.44. The summed E-state index contributed by atoms with van der Waals surface area (Å²) in [6, 6.07) is 4.27. The van der Waals surface area contributed by atoms with Crippen molar-refractivity contribution in [2.24, 2.45) is 5.92 Å². The van der Waals surface area contributed by atoms with Gasteiger partial charge in [-0.3, -0.25) is 4.79 Å². The highest BCUT2D eigenvalue weighted by Gasteiger charge is 2.23. The fourth-order valence-corrected chi connectivity index (χ4v) is 3.67. The summed E-state index contributed by atoms with van der Waals surface area (Å²) in [5.74, 6) is -2.65. The largest absolute Gasteiger partial charge is 0.481 e. The zero-order valence-corrected chi connectivity index (χ0v) is 17.9. The molecule has 2 aromatic heterocycles. The molecule has 1 atom stereocenters. The SMILES string of the molecule is COc1nc2c(cc1CCc1ccc(F)cc1F)c(=O)c(C(=O)O)cn2C(CO)C(C)C. The first-order valence-corrected chi connectivity index (χ1v) is 10.1. The van der Waals surface area contributed by atoms with Crippen molar-refractivity contribution < 1.29 is 28.5 Å². The summed E-state index contributed by atoms with van der Waals surface area (Å²) in [4.78, 5) is 29.0. The third kappa shape index (κ3) is 4.47. The van der Waals surface area contributed by atoms with Gasteiger partial charge in [0.25, 0.3) is 0 Å². The number of carboxylic acids is 1. The molecule has 0 aliphatic rings. The average Bonchev–Trinajstić information content (AvgIpc) is 2.74. The van der Waals surface area contributed by atoms with Gasteiger partial charge in [0.05, 0.1) is 25.1 Å². The molecule has 7 nitrogen and oxygen atoms in total. The van der Waals surface area contributed by atoms with Crippen LogP contribution in [0.1, 0.15) is 41.4 Å². The maximum atomic E-state index is 14.0. The summed E-state index contributed by atoms with van der Waals surface area (Å²) in [5.41, 5.74) is -0.223. The lowest BCUT2D eigenvalue weighted by molar-refractivity contribution is 0.0694. The van der Waals surface area contributed by atoms with Crippen LogP contribution in [0.5, 0.6) is 5.88 Å². The quantitative estimate of drug-likeness (QED) is 0.550. The molecular weight excluding hydrogens is 422 g/mol. The van der Waals surface area contributed by atoms with Gasteiger partial charge in [0.15, 0.2) is 0 Å². The van der Waals surface area contributed by atoms with E-state index in [-0.39, 0.29) is 47.8 Å². The Bertz CT molecular complexity index is 1220. The monoisotopic (exact) mass is 446 g/mol. The Labute approximate surface area is 182 Å². The average molecular weight is 446 g/mol. The third-order valence-electron chi connectivity index (χ3n) is 5.46. The summed E-state index contributed by atoms with van der Waals surface area (Å²) in [6.07, 6.45) is 1.60. The first-order valence-electron chi connectivity index (χ1n) is 10.1. The third-order valence-corrected chi connectivity index (χ3v) is 5.46. The van der Waals surface area contributed by atoms with Crippen molar-refractivity contribution in [3.8, 4) is 5.88 Å². The Morgan fingerprint density at radius 2 is 1.88 bits per heavy atom. The molecule has 0 aliphatic heterocycles. The molecule has 0 spiro atoms. The Morgan fingerprint density at radius 1 is 1.19 bits per heavy atom. The topological polar surface area (TPSA) is 102 Å². The summed E-state index contributed by atoms with van der Waals surface area (Å²) in [7, 11) is 1.40. The number of carbonyl (C=O) groups is 1. The molecule has 0 radical (unpaired) electrons. The lowest BCUT2D eigenvalue weighted by Crippen LogP contribution is -2.26. The van der Waals surface area contributed by atoms with E-state index in [1.54, 1.807) is 0 Å². The van der Waals surface area contributed by atoms with E-state index in [0.717, 1.165) is 12.1 Å². The normalized spacial score (nSPS) is 12.3. The fourth-order valence-electron chi connectivity index (χ4n) is 3.67. The van der Waals surface area contributed by atoms with Crippen LogP contribution in [-0.4, -0.2) is 39.5 Å². The number of halogens is 2. The van der Waals surface area contributed by atoms with Crippen LogP contribution in [0.4, 0.5) is 8.78 Å². The van der Waals surface area contributed by atoms with Gasteiger partial charge in [-0.15, -0.1) is 0 Å². The highest BCUT2D eigenvalue weighted by atomic mass is 19.1. The molecule has 0 fully saturated rings. The number of methoxy groups -OCH3 is 1. The number of rotatable bonds is 8. The minimum atomic E-state index is -1.39. The van der Waals surface area contributed by atoms with Gasteiger partial charge in [-0.1, -0.05) is 19.9 Å². The molecule has 0 amide bonds.